The molecule has 0 bridgehead atoms. The summed E-state index contributed by atoms with van der Waals surface area (Å²) in [5.41, 5.74) is -0.840. The third-order valence-electron chi connectivity index (χ3n) is 3.02. The molecule has 0 aliphatic rings. The molecule has 0 saturated carbocycles. The molecule has 0 spiro atoms. The molecule has 0 aliphatic heterocycles. The quantitative estimate of drug-likeness (QED) is 0.787. The number of hydrogen-bond acceptors (Lipinski definition) is 2. The number of carbonyl (C=O) groups is 1. The van der Waals surface area contributed by atoms with Crippen molar-refractivity contribution in [2.45, 2.75) is 39.7 Å². The highest BCUT2D eigenvalue weighted by atomic mass is 16.5. The molecule has 0 fully saturated rings. The number of ether oxygens (including phenoxy) is 1. The fourth-order valence-corrected chi connectivity index (χ4v) is 1.84. The average molecular weight is 263 g/mol. The van der Waals surface area contributed by atoms with E-state index in [-0.39, 0.29) is 5.91 Å². The first kappa shape index (κ1) is 15.5. The second kappa shape index (κ2) is 6.60. The Balaban J connectivity index is 2.63. The fourth-order valence-electron chi connectivity index (χ4n) is 1.84. The van der Waals surface area contributed by atoms with Gasteiger partial charge in [0.2, 0.25) is 0 Å². The first-order valence-corrected chi connectivity index (χ1v) is 6.82. The maximum absolute atomic E-state index is 12.4. The Bertz CT molecular complexity index is 398. The first-order chi connectivity index (χ1) is 8.83. The molecule has 1 amide bonds. The molecular formula is C16H25NO2. The van der Waals surface area contributed by atoms with E-state index in [1.54, 1.807) is 4.90 Å². The molecule has 0 atom stereocenters. The van der Waals surface area contributed by atoms with Crippen LogP contribution < -0.4 is 4.74 Å². The Labute approximate surface area is 116 Å². The van der Waals surface area contributed by atoms with Crippen LogP contribution in [0.5, 0.6) is 5.75 Å². The van der Waals surface area contributed by atoms with Crippen LogP contribution in [0.1, 0.15) is 34.1 Å². The summed E-state index contributed by atoms with van der Waals surface area (Å²) in [6.45, 7) is 8.70. The summed E-state index contributed by atoms with van der Waals surface area (Å²) in [4.78, 5) is 14.1. The van der Waals surface area contributed by atoms with Crippen molar-refractivity contribution in [2.24, 2.45) is 5.92 Å². The molecule has 1 aromatic carbocycles. The monoisotopic (exact) mass is 263 g/mol. The maximum atomic E-state index is 12.4. The molecule has 0 aromatic heterocycles. The molecule has 3 heteroatoms. The predicted molar refractivity (Wildman–Crippen MR) is 78.2 cm³/mol. The van der Waals surface area contributed by atoms with E-state index in [0.717, 1.165) is 18.7 Å². The van der Waals surface area contributed by atoms with E-state index < -0.39 is 5.60 Å². The van der Waals surface area contributed by atoms with E-state index >= 15 is 0 Å². The molecule has 19 heavy (non-hydrogen) atoms. The lowest BCUT2D eigenvalue weighted by atomic mass is 10.1. The number of likely N-dealkylation sites (N-methyl/N-ethyl adjacent to an activating group) is 1. The largest absolute Gasteiger partial charge is 0.478 e. The van der Waals surface area contributed by atoms with Crippen LogP contribution >= 0.6 is 0 Å². The van der Waals surface area contributed by atoms with Crippen molar-refractivity contribution < 1.29 is 9.53 Å². The Morgan fingerprint density at radius 2 is 1.84 bits per heavy atom. The van der Waals surface area contributed by atoms with Gasteiger partial charge in [0.25, 0.3) is 5.91 Å². The van der Waals surface area contributed by atoms with Gasteiger partial charge in [-0.15, -0.1) is 0 Å². The number of rotatable bonds is 6. The molecule has 106 valence electrons. The topological polar surface area (TPSA) is 29.5 Å². The fraction of sp³-hybridized carbons (Fsp3) is 0.562. The summed E-state index contributed by atoms with van der Waals surface area (Å²) >= 11 is 0. The van der Waals surface area contributed by atoms with Crippen LogP contribution in [0.15, 0.2) is 30.3 Å². The molecule has 3 nitrogen and oxygen atoms in total. The van der Waals surface area contributed by atoms with Gasteiger partial charge in [-0.05, 0) is 38.3 Å². The lowest BCUT2D eigenvalue weighted by Crippen LogP contribution is -2.47. The molecule has 0 heterocycles. The summed E-state index contributed by atoms with van der Waals surface area (Å²) in [5.74, 6) is 1.32. The molecule has 0 unspecified atom stereocenters. The highest BCUT2D eigenvalue weighted by Gasteiger charge is 2.32. The Morgan fingerprint density at radius 1 is 1.26 bits per heavy atom. The number of benzene rings is 1. The molecule has 1 aromatic rings. The van der Waals surface area contributed by atoms with Crippen LogP contribution in [0, 0.1) is 5.92 Å². The minimum Gasteiger partial charge on any atom is -0.478 e. The van der Waals surface area contributed by atoms with Gasteiger partial charge in [0.1, 0.15) is 5.75 Å². The number of amides is 1. The third-order valence-corrected chi connectivity index (χ3v) is 3.02. The smallest absolute Gasteiger partial charge is 0.265 e. The van der Waals surface area contributed by atoms with Crippen molar-refractivity contribution in [3.8, 4) is 5.75 Å². The number of carbonyl (C=O) groups excluding carboxylic acids is 1. The van der Waals surface area contributed by atoms with Gasteiger partial charge in [0.05, 0.1) is 0 Å². The van der Waals surface area contributed by atoms with Crippen LogP contribution in [-0.2, 0) is 4.79 Å². The molecule has 0 aliphatic carbocycles. The average Bonchev–Trinajstić information content (AvgIpc) is 2.35. The normalized spacial score (nSPS) is 11.5. The van der Waals surface area contributed by atoms with Crippen LogP contribution in [0.2, 0.25) is 0 Å². The third kappa shape index (κ3) is 4.93. The highest BCUT2D eigenvalue weighted by molar-refractivity contribution is 5.84. The summed E-state index contributed by atoms with van der Waals surface area (Å²) in [6.07, 6.45) is 1.00. The van der Waals surface area contributed by atoms with Gasteiger partial charge < -0.3 is 9.64 Å². The van der Waals surface area contributed by atoms with Crippen LogP contribution in [-0.4, -0.2) is 30.0 Å². The van der Waals surface area contributed by atoms with Gasteiger partial charge >= 0.3 is 0 Å². The van der Waals surface area contributed by atoms with Crippen molar-refractivity contribution in [1.29, 1.82) is 0 Å². The molecule has 0 N–H and O–H groups in total. The lowest BCUT2D eigenvalue weighted by Gasteiger charge is -2.30. The first-order valence-electron chi connectivity index (χ1n) is 6.82. The lowest BCUT2D eigenvalue weighted by molar-refractivity contribution is -0.144. The predicted octanol–water partition coefficient (Wildman–Crippen LogP) is 3.35. The summed E-state index contributed by atoms with van der Waals surface area (Å²) in [6, 6.07) is 9.46. The van der Waals surface area contributed by atoms with Gasteiger partial charge in [0, 0.05) is 13.6 Å². The van der Waals surface area contributed by atoms with Crippen molar-refractivity contribution in [1.82, 2.24) is 4.90 Å². The van der Waals surface area contributed by atoms with E-state index in [2.05, 4.69) is 13.8 Å². The standard InChI is InChI=1S/C16H25NO2/c1-13(2)11-12-17(5)15(18)16(3,4)19-14-9-7-6-8-10-14/h6-10,13H,11-12H2,1-5H3. The van der Waals surface area contributed by atoms with Crippen molar-refractivity contribution in [3.63, 3.8) is 0 Å². The summed E-state index contributed by atoms with van der Waals surface area (Å²) < 4.78 is 5.80. The van der Waals surface area contributed by atoms with Crippen molar-refractivity contribution in [2.75, 3.05) is 13.6 Å². The number of hydrogen-bond donors (Lipinski definition) is 0. The van der Waals surface area contributed by atoms with Gasteiger partial charge in [-0.25, -0.2) is 0 Å². The highest BCUT2D eigenvalue weighted by Crippen LogP contribution is 2.19. The SMILES string of the molecule is CC(C)CCN(C)C(=O)C(C)(C)Oc1ccccc1. The summed E-state index contributed by atoms with van der Waals surface area (Å²) in [5, 5.41) is 0. The van der Waals surface area contributed by atoms with Gasteiger partial charge in [-0.2, -0.15) is 0 Å². The molecule has 1 rings (SSSR count). The second-order valence-electron chi connectivity index (χ2n) is 5.83. The minimum atomic E-state index is -0.840. The zero-order valence-corrected chi connectivity index (χ0v) is 12.6. The molecule has 0 radical (unpaired) electrons. The number of para-hydroxylation sites is 1. The van der Waals surface area contributed by atoms with Crippen LogP contribution in [0.3, 0.4) is 0 Å². The van der Waals surface area contributed by atoms with E-state index in [1.165, 1.54) is 0 Å². The van der Waals surface area contributed by atoms with E-state index in [1.807, 2.05) is 51.2 Å². The van der Waals surface area contributed by atoms with Crippen molar-refractivity contribution >= 4 is 5.91 Å². The van der Waals surface area contributed by atoms with E-state index in [0.29, 0.717) is 5.92 Å². The maximum Gasteiger partial charge on any atom is 0.265 e. The molecule has 0 saturated heterocycles. The Kier molecular flexibility index (Phi) is 5.40. The molecular weight excluding hydrogens is 238 g/mol. The Hall–Kier alpha value is -1.51. The van der Waals surface area contributed by atoms with E-state index in [4.69, 9.17) is 4.74 Å². The van der Waals surface area contributed by atoms with Crippen LogP contribution in [0.4, 0.5) is 0 Å². The van der Waals surface area contributed by atoms with Gasteiger partial charge in [0.15, 0.2) is 5.60 Å². The van der Waals surface area contributed by atoms with Crippen LogP contribution in [0.25, 0.3) is 0 Å². The second-order valence-corrected chi connectivity index (χ2v) is 5.83. The van der Waals surface area contributed by atoms with Gasteiger partial charge in [-0.3, -0.25) is 4.79 Å². The van der Waals surface area contributed by atoms with Gasteiger partial charge in [-0.1, -0.05) is 32.0 Å². The number of nitrogens with zero attached hydrogens (tertiary/aromatic N) is 1. The zero-order chi connectivity index (χ0) is 14.5. The summed E-state index contributed by atoms with van der Waals surface area (Å²) in [7, 11) is 1.83. The Morgan fingerprint density at radius 3 is 2.37 bits per heavy atom. The zero-order valence-electron chi connectivity index (χ0n) is 12.6. The van der Waals surface area contributed by atoms with E-state index in [9.17, 15) is 4.79 Å². The van der Waals surface area contributed by atoms with Crippen molar-refractivity contribution in [3.05, 3.63) is 30.3 Å². The minimum absolute atomic E-state index is 0.0111.